The molecule has 3 heteroatoms. The monoisotopic (exact) mass is 211 g/mol. The van der Waals surface area contributed by atoms with Crippen LogP contribution < -0.4 is 5.32 Å². The molecule has 0 radical (unpaired) electrons. The zero-order chi connectivity index (χ0) is 10.7. The summed E-state index contributed by atoms with van der Waals surface area (Å²) >= 11 is 5.65. The van der Waals surface area contributed by atoms with Crippen LogP contribution in [-0.2, 0) is 4.79 Å². The molecule has 1 atom stereocenters. The Balaban J connectivity index is 2.82. The molecular weight excluding hydrogens is 198 g/mol. The van der Waals surface area contributed by atoms with Crippen LogP contribution in [0.5, 0.6) is 0 Å². The van der Waals surface area contributed by atoms with Crippen molar-refractivity contribution in [1.29, 1.82) is 0 Å². The maximum atomic E-state index is 11.3. The average Bonchev–Trinajstić information content (AvgIpc) is 2.01. The summed E-state index contributed by atoms with van der Waals surface area (Å²) in [6.45, 7) is 5.64. The molecular formula is C11H14ClNO. The van der Waals surface area contributed by atoms with Crippen molar-refractivity contribution in [3.05, 3.63) is 29.3 Å². The van der Waals surface area contributed by atoms with Crippen LogP contribution >= 0.6 is 11.6 Å². The van der Waals surface area contributed by atoms with Crippen LogP contribution in [0, 0.1) is 13.8 Å². The second kappa shape index (κ2) is 4.47. The Morgan fingerprint density at radius 2 is 1.79 bits per heavy atom. The Hall–Kier alpha value is -1.02. The minimum Gasteiger partial charge on any atom is -0.325 e. The zero-order valence-corrected chi connectivity index (χ0v) is 9.35. The first-order valence-electron chi connectivity index (χ1n) is 4.52. The number of anilines is 1. The molecule has 76 valence electrons. The fraction of sp³-hybridized carbons (Fsp3) is 0.364. The second-order valence-corrected chi connectivity index (χ2v) is 4.14. The summed E-state index contributed by atoms with van der Waals surface area (Å²) in [5, 5.41) is 2.25. The third-order valence-corrected chi connectivity index (χ3v) is 2.05. The molecule has 1 aromatic carbocycles. The molecule has 0 heterocycles. The maximum absolute atomic E-state index is 11.3. The Kier molecular flexibility index (Phi) is 3.53. The lowest BCUT2D eigenvalue weighted by Gasteiger charge is -2.08. The zero-order valence-electron chi connectivity index (χ0n) is 8.60. The number of benzene rings is 1. The molecule has 1 aromatic rings. The van der Waals surface area contributed by atoms with Crippen molar-refractivity contribution in [2.75, 3.05) is 5.32 Å². The normalized spacial score (nSPS) is 12.3. The van der Waals surface area contributed by atoms with E-state index in [1.807, 2.05) is 26.0 Å². The highest BCUT2D eigenvalue weighted by Gasteiger charge is 2.08. The highest BCUT2D eigenvalue weighted by atomic mass is 35.5. The summed E-state index contributed by atoms with van der Waals surface area (Å²) in [7, 11) is 0. The van der Waals surface area contributed by atoms with Crippen molar-refractivity contribution in [2.24, 2.45) is 0 Å². The molecule has 0 bridgehead atoms. The van der Waals surface area contributed by atoms with Gasteiger partial charge in [0.25, 0.3) is 0 Å². The van der Waals surface area contributed by atoms with E-state index < -0.39 is 5.38 Å². The molecule has 0 aliphatic rings. The molecule has 1 amide bonds. The van der Waals surface area contributed by atoms with Gasteiger partial charge in [-0.2, -0.15) is 0 Å². The van der Waals surface area contributed by atoms with Gasteiger partial charge in [0.1, 0.15) is 5.38 Å². The predicted octanol–water partition coefficient (Wildman–Crippen LogP) is 2.87. The van der Waals surface area contributed by atoms with Gasteiger partial charge in [-0.1, -0.05) is 6.07 Å². The van der Waals surface area contributed by atoms with E-state index in [9.17, 15) is 4.79 Å². The Bertz CT molecular complexity index is 327. The van der Waals surface area contributed by atoms with E-state index in [-0.39, 0.29) is 5.91 Å². The summed E-state index contributed by atoms with van der Waals surface area (Å²) in [6.07, 6.45) is 0. The number of carbonyl (C=O) groups excluding carboxylic acids is 1. The SMILES string of the molecule is Cc1cc(C)cc(NC(=O)[C@@H](C)Cl)c1. The molecule has 1 rings (SSSR count). The van der Waals surface area contributed by atoms with E-state index in [1.165, 1.54) is 0 Å². The lowest BCUT2D eigenvalue weighted by molar-refractivity contribution is -0.115. The van der Waals surface area contributed by atoms with Gasteiger partial charge < -0.3 is 5.32 Å². The lowest BCUT2D eigenvalue weighted by atomic mass is 10.1. The van der Waals surface area contributed by atoms with E-state index >= 15 is 0 Å². The van der Waals surface area contributed by atoms with Crippen molar-refractivity contribution >= 4 is 23.2 Å². The molecule has 0 fully saturated rings. The number of aryl methyl sites for hydroxylation is 2. The summed E-state index contributed by atoms with van der Waals surface area (Å²) in [5.74, 6) is -0.170. The fourth-order valence-corrected chi connectivity index (χ4v) is 1.34. The number of amides is 1. The van der Waals surface area contributed by atoms with Crippen LogP contribution in [0.25, 0.3) is 0 Å². The molecule has 0 aliphatic heterocycles. The topological polar surface area (TPSA) is 29.1 Å². The Labute approximate surface area is 89.3 Å². The third kappa shape index (κ3) is 3.04. The van der Waals surface area contributed by atoms with E-state index in [4.69, 9.17) is 11.6 Å². The fourth-order valence-electron chi connectivity index (χ4n) is 1.29. The predicted molar refractivity (Wildman–Crippen MR) is 59.9 cm³/mol. The number of nitrogens with one attached hydrogen (secondary N) is 1. The first-order chi connectivity index (χ1) is 6.49. The third-order valence-electron chi connectivity index (χ3n) is 1.85. The highest BCUT2D eigenvalue weighted by Crippen LogP contribution is 2.14. The lowest BCUT2D eigenvalue weighted by Crippen LogP contribution is -2.20. The quantitative estimate of drug-likeness (QED) is 0.749. The largest absolute Gasteiger partial charge is 0.325 e. The molecule has 0 saturated carbocycles. The van der Waals surface area contributed by atoms with Gasteiger partial charge in [0.15, 0.2) is 0 Å². The summed E-state index contributed by atoms with van der Waals surface area (Å²) in [5.41, 5.74) is 3.06. The highest BCUT2D eigenvalue weighted by molar-refractivity contribution is 6.32. The average molecular weight is 212 g/mol. The molecule has 0 saturated heterocycles. The van der Waals surface area contributed by atoms with Crippen molar-refractivity contribution in [2.45, 2.75) is 26.1 Å². The van der Waals surface area contributed by atoms with Crippen LogP contribution in [-0.4, -0.2) is 11.3 Å². The van der Waals surface area contributed by atoms with Crippen molar-refractivity contribution in [1.82, 2.24) is 0 Å². The molecule has 14 heavy (non-hydrogen) atoms. The van der Waals surface area contributed by atoms with E-state index in [0.717, 1.165) is 16.8 Å². The number of hydrogen-bond acceptors (Lipinski definition) is 1. The summed E-state index contributed by atoms with van der Waals surface area (Å²) < 4.78 is 0. The van der Waals surface area contributed by atoms with Crippen molar-refractivity contribution in [3.63, 3.8) is 0 Å². The smallest absolute Gasteiger partial charge is 0.242 e. The van der Waals surface area contributed by atoms with Crippen LogP contribution in [0.4, 0.5) is 5.69 Å². The van der Waals surface area contributed by atoms with Gasteiger partial charge in [-0.25, -0.2) is 0 Å². The number of alkyl halides is 1. The number of carbonyl (C=O) groups is 1. The molecule has 1 N–H and O–H groups in total. The minimum atomic E-state index is -0.504. The van der Waals surface area contributed by atoms with Gasteiger partial charge in [-0.15, -0.1) is 11.6 Å². The van der Waals surface area contributed by atoms with Crippen LogP contribution in [0.1, 0.15) is 18.1 Å². The van der Waals surface area contributed by atoms with Gasteiger partial charge in [0.2, 0.25) is 5.91 Å². The standard InChI is InChI=1S/C11H14ClNO/c1-7-4-8(2)6-10(5-7)13-11(14)9(3)12/h4-6,9H,1-3H3,(H,13,14)/t9-/m1/s1. The van der Waals surface area contributed by atoms with Gasteiger partial charge in [-0.3, -0.25) is 4.79 Å². The van der Waals surface area contributed by atoms with Gasteiger partial charge in [-0.05, 0) is 44.0 Å². The molecule has 0 aromatic heterocycles. The molecule has 0 aliphatic carbocycles. The molecule has 0 spiro atoms. The number of hydrogen-bond donors (Lipinski definition) is 1. The second-order valence-electron chi connectivity index (χ2n) is 3.48. The Morgan fingerprint density at radius 3 is 2.21 bits per heavy atom. The summed E-state index contributed by atoms with van der Waals surface area (Å²) in [6, 6.07) is 5.90. The van der Waals surface area contributed by atoms with Gasteiger partial charge in [0, 0.05) is 5.69 Å². The maximum Gasteiger partial charge on any atom is 0.242 e. The minimum absolute atomic E-state index is 0.170. The van der Waals surface area contributed by atoms with Crippen LogP contribution in [0.3, 0.4) is 0 Å². The molecule has 2 nitrogen and oxygen atoms in total. The van der Waals surface area contributed by atoms with Crippen LogP contribution in [0.2, 0.25) is 0 Å². The van der Waals surface area contributed by atoms with Crippen molar-refractivity contribution < 1.29 is 4.79 Å². The van der Waals surface area contributed by atoms with Crippen molar-refractivity contribution in [3.8, 4) is 0 Å². The number of rotatable bonds is 2. The van der Waals surface area contributed by atoms with E-state index in [1.54, 1.807) is 6.92 Å². The Morgan fingerprint density at radius 1 is 1.29 bits per heavy atom. The first kappa shape index (κ1) is 11.1. The summed E-state index contributed by atoms with van der Waals surface area (Å²) in [4.78, 5) is 11.3. The van der Waals surface area contributed by atoms with E-state index in [2.05, 4.69) is 11.4 Å². The van der Waals surface area contributed by atoms with Crippen LogP contribution in [0.15, 0.2) is 18.2 Å². The first-order valence-corrected chi connectivity index (χ1v) is 4.96. The van der Waals surface area contributed by atoms with Gasteiger partial charge in [0.05, 0.1) is 0 Å². The molecule has 0 unspecified atom stereocenters. The number of halogens is 1. The van der Waals surface area contributed by atoms with Gasteiger partial charge >= 0.3 is 0 Å². The van der Waals surface area contributed by atoms with E-state index in [0.29, 0.717) is 0 Å².